The number of thiophene rings is 1. The molecular weight excluding hydrogens is 235 g/mol. The highest BCUT2D eigenvalue weighted by Gasteiger charge is 2.41. The molecule has 1 saturated carbocycles. The Morgan fingerprint density at radius 1 is 1.57 bits per heavy atom. The van der Waals surface area contributed by atoms with Crippen molar-refractivity contribution in [2.24, 2.45) is 11.3 Å². The highest BCUT2D eigenvalue weighted by Crippen LogP contribution is 2.48. The van der Waals surface area contributed by atoms with Gasteiger partial charge in [-0.3, -0.25) is 0 Å². The fourth-order valence-corrected chi connectivity index (χ4v) is 3.81. The zero-order valence-electron chi connectivity index (χ0n) is 8.22. The Balaban J connectivity index is 2.02. The number of rotatable bonds is 3. The summed E-state index contributed by atoms with van der Waals surface area (Å²) >= 11 is 13.6. The lowest BCUT2D eigenvalue weighted by molar-refractivity contribution is 0.0926. The standard InChI is InChI=1S/C11H14Cl2S/c1-8-3-11(4-8,7-12)5-9-2-10(13)14-6-9/h2,6,8H,3-5,7H2,1H3. The van der Waals surface area contributed by atoms with Crippen LogP contribution in [-0.4, -0.2) is 5.88 Å². The van der Waals surface area contributed by atoms with E-state index in [1.54, 1.807) is 11.3 Å². The van der Waals surface area contributed by atoms with Gasteiger partial charge in [-0.05, 0) is 47.6 Å². The van der Waals surface area contributed by atoms with Crippen LogP contribution in [0.25, 0.3) is 0 Å². The molecule has 78 valence electrons. The van der Waals surface area contributed by atoms with Crippen LogP contribution in [0.5, 0.6) is 0 Å². The molecule has 0 radical (unpaired) electrons. The topological polar surface area (TPSA) is 0 Å². The van der Waals surface area contributed by atoms with Crippen LogP contribution in [0.2, 0.25) is 4.34 Å². The number of hydrogen-bond acceptors (Lipinski definition) is 1. The van der Waals surface area contributed by atoms with Crippen LogP contribution in [0.4, 0.5) is 0 Å². The van der Waals surface area contributed by atoms with Gasteiger partial charge in [-0.2, -0.15) is 0 Å². The van der Waals surface area contributed by atoms with Crippen molar-refractivity contribution in [3.63, 3.8) is 0 Å². The number of hydrogen-bond donors (Lipinski definition) is 0. The lowest BCUT2D eigenvalue weighted by Gasteiger charge is -2.45. The summed E-state index contributed by atoms with van der Waals surface area (Å²) in [5.41, 5.74) is 1.72. The molecule has 0 aliphatic heterocycles. The first kappa shape index (κ1) is 10.8. The molecular formula is C11H14Cl2S. The van der Waals surface area contributed by atoms with E-state index >= 15 is 0 Å². The van der Waals surface area contributed by atoms with Gasteiger partial charge in [0.25, 0.3) is 0 Å². The predicted molar refractivity (Wildman–Crippen MR) is 64.6 cm³/mol. The number of halogens is 2. The van der Waals surface area contributed by atoms with Crippen LogP contribution < -0.4 is 0 Å². The maximum absolute atomic E-state index is 6.05. The van der Waals surface area contributed by atoms with Crippen molar-refractivity contribution in [2.45, 2.75) is 26.2 Å². The van der Waals surface area contributed by atoms with Crippen LogP contribution in [0.15, 0.2) is 11.4 Å². The van der Waals surface area contributed by atoms with Gasteiger partial charge in [-0.25, -0.2) is 0 Å². The molecule has 3 heteroatoms. The summed E-state index contributed by atoms with van der Waals surface area (Å²) in [7, 11) is 0. The van der Waals surface area contributed by atoms with Gasteiger partial charge in [0.05, 0.1) is 4.34 Å². The minimum atomic E-state index is 0.366. The molecule has 0 bridgehead atoms. The van der Waals surface area contributed by atoms with Crippen molar-refractivity contribution in [3.8, 4) is 0 Å². The summed E-state index contributed by atoms with van der Waals surface area (Å²) in [6.45, 7) is 2.30. The van der Waals surface area contributed by atoms with Gasteiger partial charge in [0.15, 0.2) is 0 Å². The van der Waals surface area contributed by atoms with Gasteiger partial charge in [-0.1, -0.05) is 18.5 Å². The van der Waals surface area contributed by atoms with Gasteiger partial charge in [0.2, 0.25) is 0 Å². The zero-order chi connectivity index (χ0) is 10.2. The SMILES string of the molecule is CC1CC(CCl)(Cc2csc(Cl)c2)C1. The maximum atomic E-state index is 6.05. The molecule has 0 unspecified atom stereocenters. The van der Waals surface area contributed by atoms with Crippen LogP contribution in [0.1, 0.15) is 25.3 Å². The summed E-state index contributed by atoms with van der Waals surface area (Å²) in [6, 6.07) is 2.07. The van der Waals surface area contributed by atoms with Gasteiger partial charge in [0, 0.05) is 5.88 Å². The molecule has 0 saturated heterocycles. The summed E-state index contributed by atoms with van der Waals surface area (Å²) in [6.07, 6.45) is 3.64. The molecule has 0 N–H and O–H groups in total. The Kier molecular flexibility index (Phi) is 3.11. The van der Waals surface area contributed by atoms with E-state index in [1.165, 1.54) is 18.4 Å². The molecule has 2 rings (SSSR count). The smallest absolute Gasteiger partial charge is 0.0931 e. The van der Waals surface area contributed by atoms with Crippen molar-refractivity contribution < 1.29 is 0 Å². The third kappa shape index (κ3) is 2.10. The molecule has 1 aliphatic carbocycles. The van der Waals surface area contributed by atoms with Crippen LogP contribution in [0.3, 0.4) is 0 Å². The predicted octanol–water partition coefficient (Wildman–Crippen LogP) is 4.60. The molecule has 0 nitrogen and oxygen atoms in total. The van der Waals surface area contributed by atoms with Crippen LogP contribution in [-0.2, 0) is 6.42 Å². The van der Waals surface area contributed by atoms with Gasteiger partial charge in [-0.15, -0.1) is 22.9 Å². The van der Waals surface area contributed by atoms with Crippen molar-refractivity contribution in [1.29, 1.82) is 0 Å². The van der Waals surface area contributed by atoms with E-state index in [9.17, 15) is 0 Å². The normalized spacial score (nSPS) is 31.5. The summed E-state index contributed by atoms with van der Waals surface area (Å²) in [5, 5.41) is 2.15. The summed E-state index contributed by atoms with van der Waals surface area (Å²) in [5.74, 6) is 1.63. The van der Waals surface area contributed by atoms with Crippen molar-refractivity contribution in [1.82, 2.24) is 0 Å². The van der Waals surface area contributed by atoms with Gasteiger partial charge < -0.3 is 0 Å². The molecule has 0 atom stereocenters. The third-order valence-corrected chi connectivity index (χ3v) is 4.75. The Morgan fingerprint density at radius 3 is 2.71 bits per heavy atom. The second kappa shape index (κ2) is 4.03. The van der Waals surface area contributed by atoms with E-state index in [1.807, 2.05) is 0 Å². The van der Waals surface area contributed by atoms with Crippen molar-refractivity contribution >= 4 is 34.5 Å². The summed E-state index contributed by atoms with van der Waals surface area (Å²) in [4.78, 5) is 0. The van der Waals surface area contributed by atoms with E-state index in [0.29, 0.717) is 5.41 Å². The summed E-state index contributed by atoms with van der Waals surface area (Å²) < 4.78 is 0.886. The Morgan fingerprint density at radius 2 is 2.29 bits per heavy atom. The molecule has 1 aromatic rings. The van der Waals surface area contributed by atoms with Crippen LogP contribution in [0, 0.1) is 11.3 Å². The third-order valence-electron chi connectivity index (χ3n) is 3.05. The molecule has 14 heavy (non-hydrogen) atoms. The molecule has 0 aromatic carbocycles. The first-order valence-corrected chi connectivity index (χ1v) is 6.72. The molecule has 0 amide bonds. The number of alkyl halides is 1. The average Bonchev–Trinajstić information content (AvgIpc) is 2.48. The fraction of sp³-hybridized carbons (Fsp3) is 0.636. The molecule has 1 aromatic heterocycles. The monoisotopic (exact) mass is 248 g/mol. The van der Waals surface area contributed by atoms with E-state index in [2.05, 4.69) is 18.4 Å². The van der Waals surface area contributed by atoms with E-state index in [-0.39, 0.29) is 0 Å². The second-order valence-electron chi connectivity index (χ2n) is 4.58. The fourth-order valence-electron chi connectivity index (χ4n) is 2.59. The lowest BCUT2D eigenvalue weighted by atomic mass is 9.61. The van der Waals surface area contributed by atoms with Crippen LogP contribution >= 0.6 is 34.5 Å². The molecule has 0 spiro atoms. The first-order valence-electron chi connectivity index (χ1n) is 4.92. The first-order chi connectivity index (χ1) is 6.63. The minimum Gasteiger partial charge on any atom is -0.132 e. The Labute approximate surface area is 99.2 Å². The highest BCUT2D eigenvalue weighted by atomic mass is 35.5. The van der Waals surface area contributed by atoms with Crippen molar-refractivity contribution in [3.05, 3.63) is 21.3 Å². The largest absolute Gasteiger partial charge is 0.132 e. The van der Waals surface area contributed by atoms with Crippen molar-refractivity contribution in [2.75, 3.05) is 5.88 Å². The second-order valence-corrected chi connectivity index (χ2v) is 6.39. The molecule has 1 heterocycles. The minimum absolute atomic E-state index is 0.366. The Bertz CT molecular complexity index is 313. The Hall–Kier alpha value is 0.280. The molecule has 1 aliphatic rings. The van der Waals surface area contributed by atoms with E-state index in [4.69, 9.17) is 23.2 Å². The quantitative estimate of drug-likeness (QED) is 0.687. The highest BCUT2D eigenvalue weighted by molar-refractivity contribution is 7.14. The van der Waals surface area contributed by atoms with Gasteiger partial charge in [0.1, 0.15) is 0 Å². The zero-order valence-corrected chi connectivity index (χ0v) is 10.6. The van der Waals surface area contributed by atoms with Gasteiger partial charge >= 0.3 is 0 Å². The average molecular weight is 249 g/mol. The molecule has 1 fully saturated rings. The van der Waals surface area contributed by atoms with E-state index in [0.717, 1.165) is 22.6 Å². The van der Waals surface area contributed by atoms with E-state index < -0.39 is 0 Å². The lowest BCUT2D eigenvalue weighted by Crippen LogP contribution is -2.39. The maximum Gasteiger partial charge on any atom is 0.0931 e.